The monoisotopic (exact) mass is 333 g/mol. The van der Waals surface area contributed by atoms with Crippen molar-refractivity contribution in [2.75, 3.05) is 23.0 Å². The first-order valence-electron chi connectivity index (χ1n) is 8.65. The van der Waals surface area contributed by atoms with Gasteiger partial charge >= 0.3 is 0 Å². The van der Waals surface area contributed by atoms with Gasteiger partial charge in [-0.25, -0.2) is 0 Å². The maximum atomic E-state index is 12.7. The van der Waals surface area contributed by atoms with Gasteiger partial charge in [-0.2, -0.15) is 10.1 Å². The Kier molecular flexibility index (Phi) is 4.98. The SMILES string of the molecule is CCN(CC)c1ccc(/C=C2\C(=O)N(c3ccccc3)N=C2C)cc1. The second kappa shape index (κ2) is 7.34. The third kappa shape index (κ3) is 3.48. The van der Waals surface area contributed by atoms with Crippen molar-refractivity contribution in [2.45, 2.75) is 20.8 Å². The molecule has 0 saturated carbocycles. The average Bonchev–Trinajstić information content (AvgIpc) is 2.93. The maximum absolute atomic E-state index is 12.7. The second-order valence-electron chi connectivity index (χ2n) is 5.96. The summed E-state index contributed by atoms with van der Waals surface area (Å²) in [5.41, 5.74) is 4.36. The number of carbonyl (C=O) groups excluding carboxylic acids is 1. The predicted molar refractivity (Wildman–Crippen MR) is 105 cm³/mol. The van der Waals surface area contributed by atoms with Crippen molar-refractivity contribution in [3.05, 3.63) is 65.7 Å². The lowest BCUT2D eigenvalue weighted by Gasteiger charge is -2.20. The minimum Gasteiger partial charge on any atom is -0.372 e. The molecular formula is C21H23N3O. The van der Waals surface area contributed by atoms with Crippen LogP contribution in [0.5, 0.6) is 0 Å². The molecule has 0 radical (unpaired) electrons. The van der Waals surface area contributed by atoms with E-state index in [9.17, 15) is 4.79 Å². The van der Waals surface area contributed by atoms with Gasteiger partial charge in [0.05, 0.1) is 17.0 Å². The molecule has 0 fully saturated rings. The first kappa shape index (κ1) is 17.0. The van der Waals surface area contributed by atoms with Gasteiger partial charge in [-0.15, -0.1) is 0 Å². The molecule has 0 unspecified atom stereocenters. The van der Waals surface area contributed by atoms with Crippen LogP contribution in [0.15, 0.2) is 65.3 Å². The fraction of sp³-hybridized carbons (Fsp3) is 0.238. The Morgan fingerprint density at radius 1 is 1.00 bits per heavy atom. The Balaban J connectivity index is 1.84. The fourth-order valence-electron chi connectivity index (χ4n) is 2.97. The van der Waals surface area contributed by atoms with E-state index in [1.807, 2.05) is 55.5 Å². The second-order valence-corrected chi connectivity index (χ2v) is 5.96. The van der Waals surface area contributed by atoms with Crippen LogP contribution in [0.25, 0.3) is 6.08 Å². The summed E-state index contributed by atoms with van der Waals surface area (Å²) in [7, 11) is 0. The van der Waals surface area contributed by atoms with Gasteiger partial charge < -0.3 is 4.90 Å². The molecule has 4 heteroatoms. The lowest BCUT2D eigenvalue weighted by atomic mass is 10.1. The number of para-hydroxylation sites is 1. The Morgan fingerprint density at radius 3 is 2.24 bits per heavy atom. The fourth-order valence-corrected chi connectivity index (χ4v) is 2.97. The van der Waals surface area contributed by atoms with Crippen molar-refractivity contribution in [3.63, 3.8) is 0 Å². The summed E-state index contributed by atoms with van der Waals surface area (Å²) in [5.74, 6) is -0.0866. The summed E-state index contributed by atoms with van der Waals surface area (Å²) < 4.78 is 0. The van der Waals surface area contributed by atoms with E-state index < -0.39 is 0 Å². The molecule has 2 aromatic rings. The van der Waals surface area contributed by atoms with E-state index >= 15 is 0 Å². The molecule has 0 atom stereocenters. The number of hydrazone groups is 1. The molecule has 1 aliphatic heterocycles. The molecule has 0 N–H and O–H groups in total. The molecule has 1 aliphatic rings. The lowest BCUT2D eigenvalue weighted by molar-refractivity contribution is -0.114. The summed E-state index contributed by atoms with van der Waals surface area (Å²) in [6.07, 6.45) is 1.91. The van der Waals surface area contributed by atoms with E-state index in [2.05, 4.69) is 36.0 Å². The molecule has 0 saturated heterocycles. The molecule has 128 valence electrons. The Morgan fingerprint density at radius 2 is 1.64 bits per heavy atom. The largest absolute Gasteiger partial charge is 0.372 e. The van der Waals surface area contributed by atoms with E-state index in [4.69, 9.17) is 0 Å². The van der Waals surface area contributed by atoms with Crippen LogP contribution in [-0.4, -0.2) is 24.7 Å². The van der Waals surface area contributed by atoms with Crippen LogP contribution in [0.3, 0.4) is 0 Å². The highest BCUT2D eigenvalue weighted by atomic mass is 16.2. The Bertz CT molecular complexity index is 803. The molecule has 0 aliphatic carbocycles. The zero-order valence-corrected chi connectivity index (χ0v) is 14.9. The van der Waals surface area contributed by atoms with Crippen molar-refractivity contribution >= 4 is 29.1 Å². The highest BCUT2D eigenvalue weighted by Gasteiger charge is 2.28. The van der Waals surface area contributed by atoms with Crippen molar-refractivity contribution in [2.24, 2.45) is 5.10 Å². The van der Waals surface area contributed by atoms with Crippen molar-refractivity contribution in [1.82, 2.24) is 0 Å². The number of nitrogens with zero attached hydrogens (tertiary/aromatic N) is 3. The normalized spacial score (nSPS) is 15.6. The first-order valence-corrected chi connectivity index (χ1v) is 8.65. The van der Waals surface area contributed by atoms with Crippen LogP contribution in [0.4, 0.5) is 11.4 Å². The molecule has 2 aromatic carbocycles. The van der Waals surface area contributed by atoms with Crippen molar-refractivity contribution in [1.29, 1.82) is 0 Å². The quantitative estimate of drug-likeness (QED) is 0.763. The van der Waals surface area contributed by atoms with Gasteiger partial charge in [0.15, 0.2) is 0 Å². The summed E-state index contributed by atoms with van der Waals surface area (Å²) in [6.45, 7) is 8.13. The van der Waals surface area contributed by atoms with E-state index in [0.717, 1.165) is 30.1 Å². The summed E-state index contributed by atoms with van der Waals surface area (Å²) in [5, 5.41) is 5.88. The van der Waals surface area contributed by atoms with E-state index in [-0.39, 0.29) is 5.91 Å². The van der Waals surface area contributed by atoms with Gasteiger partial charge in [-0.1, -0.05) is 30.3 Å². The molecule has 0 bridgehead atoms. The smallest absolute Gasteiger partial charge is 0.280 e. The Hall–Kier alpha value is -2.88. The number of anilines is 2. The topological polar surface area (TPSA) is 35.9 Å². The van der Waals surface area contributed by atoms with Crippen molar-refractivity contribution < 1.29 is 4.79 Å². The number of carbonyl (C=O) groups is 1. The van der Waals surface area contributed by atoms with Gasteiger partial charge in [0, 0.05) is 18.8 Å². The summed E-state index contributed by atoms with van der Waals surface area (Å²) in [6, 6.07) is 17.8. The van der Waals surface area contributed by atoms with E-state index in [1.54, 1.807) is 0 Å². The minimum absolute atomic E-state index is 0.0866. The first-order chi connectivity index (χ1) is 12.1. The number of hydrogen-bond acceptors (Lipinski definition) is 3. The van der Waals surface area contributed by atoms with Crippen LogP contribution in [0.1, 0.15) is 26.3 Å². The highest BCUT2D eigenvalue weighted by Crippen LogP contribution is 2.25. The minimum atomic E-state index is -0.0866. The van der Waals surface area contributed by atoms with E-state index in [1.165, 1.54) is 10.7 Å². The molecule has 3 rings (SSSR count). The Labute approximate surface area is 149 Å². The number of hydrogen-bond donors (Lipinski definition) is 0. The van der Waals surface area contributed by atoms with Crippen LogP contribution < -0.4 is 9.91 Å². The molecular weight excluding hydrogens is 310 g/mol. The predicted octanol–water partition coefficient (Wildman–Crippen LogP) is 4.34. The molecule has 25 heavy (non-hydrogen) atoms. The van der Waals surface area contributed by atoms with Gasteiger partial charge in [0.25, 0.3) is 5.91 Å². The van der Waals surface area contributed by atoms with Crippen molar-refractivity contribution in [3.8, 4) is 0 Å². The number of amides is 1. The van der Waals surface area contributed by atoms with Crippen LogP contribution in [-0.2, 0) is 4.79 Å². The molecule has 0 spiro atoms. The number of benzene rings is 2. The average molecular weight is 333 g/mol. The molecule has 0 aromatic heterocycles. The zero-order valence-electron chi connectivity index (χ0n) is 14.9. The van der Waals surface area contributed by atoms with Gasteiger partial charge in [0.2, 0.25) is 0 Å². The van der Waals surface area contributed by atoms with Gasteiger partial charge in [0.1, 0.15) is 0 Å². The molecule has 1 amide bonds. The summed E-state index contributed by atoms with van der Waals surface area (Å²) in [4.78, 5) is 15.0. The molecule has 4 nitrogen and oxygen atoms in total. The number of rotatable bonds is 5. The summed E-state index contributed by atoms with van der Waals surface area (Å²) >= 11 is 0. The van der Waals surface area contributed by atoms with Crippen LogP contribution in [0.2, 0.25) is 0 Å². The van der Waals surface area contributed by atoms with Crippen LogP contribution in [0, 0.1) is 0 Å². The standard InChI is InChI=1S/C21H23N3O/c1-4-23(5-2)18-13-11-17(12-14-18)15-20-16(3)22-24(21(20)25)19-9-7-6-8-10-19/h6-15H,4-5H2,1-3H3/b20-15-. The van der Waals surface area contributed by atoms with Gasteiger partial charge in [-0.05, 0) is 56.7 Å². The lowest BCUT2D eigenvalue weighted by Crippen LogP contribution is -2.21. The maximum Gasteiger partial charge on any atom is 0.280 e. The zero-order chi connectivity index (χ0) is 17.8. The van der Waals surface area contributed by atoms with Crippen LogP contribution >= 0.6 is 0 Å². The van der Waals surface area contributed by atoms with E-state index in [0.29, 0.717) is 5.57 Å². The third-order valence-corrected chi connectivity index (χ3v) is 4.40. The highest BCUT2D eigenvalue weighted by molar-refractivity contribution is 6.32. The molecule has 1 heterocycles. The van der Waals surface area contributed by atoms with Gasteiger partial charge in [-0.3, -0.25) is 4.79 Å². The third-order valence-electron chi connectivity index (χ3n) is 4.40.